The molecule has 0 heterocycles. The first-order valence-corrected chi connectivity index (χ1v) is 6.85. The topological polar surface area (TPSA) is 0 Å². The van der Waals surface area contributed by atoms with Crippen molar-refractivity contribution in [1.82, 2.24) is 0 Å². The maximum atomic E-state index is 2.31. The lowest BCUT2D eigenvalue weighted by molar-refractivity contribution is 0.596. The minimum Gasteiger partial charge on any atom is -0.0877 e. The first-order chi connectivity index (χ1) is 9.02. The largest absolute Gasteiger partial charge is 0.0877 e. The molecule has 0 saturated heterocycles. The van der Waals surface area contributed by atoms with Gasteiger partial charge in [0.1, 0.15) is 0 Å². The van der Waals surface area contributed by atoms with E-state index in [1.165, 1.54) is 21.9 Å². The molecule has 0 atom stereocenters. The predicted molar refractivity (Wildman–Crippen MR) is 86.5 cm³/mol. The highest BCUT2D eigenvalue weighted by Gasteiger charge is 2.17. The van der Waals surface area contributed by atoms with Crippen molar-refractivity contribution in [2.45, 2.75) is 33.1 Å². The zero-order chi connectivity index (χ0) is 13.9. The molecular formula is C19H22. The van der Waals surface area contributed by atoms with E-state index in [0.29, 0.717) is 0 Å². The van der Waals surface area contributed by atoms with Gasteiger partial charge in [0.2, 0.25) is 0 Å². The van der Waals surface area contributed by atoms with E-state index in [4.69, 9.17) is 0 Å². The van der Waals surface area contributed by atoms with Gasteiger partial charge in [-0.2, -0.15) is 0 Å². The standard InChI is InChI=1S/C19H22/c1-5-6-7-10-15-13-16-11-8-9-12-17(16)18(14-15)19(2,3)4/h5-14H,1-4H3/b6-5-,10-7-. The third kappa shape index (κ3) is 3.14. The van der Waals surface area contributed by atoms with Crippen LogP contribution in [0.4, 0.5) is 0 Å². The van der Waals surface area contributed by atoms with E-state index in [-0.39, 0.29) is 5.41 Å². The fourth-order valence-electron chi connectivity index (χ4n) is 2.33. The Bertz CT molecular complexity index is 622. The number of fused-ring (bicyclic) bond motifs is 1. The highest BCUT2D eigenvalue weighted by atomic mass is 14.2. The van der Waals surface area contributed by atoms with Gasteiger partial charge in [0.05, 0.1) is 0 Å². The molecule has 2 aromatic carbocycles. The van der Waals surface area contributed by atoms with Crippen molar-refractivity contribution >= 4 is 16.8 Å². The van der Waals surface area contributed by atoms with E-state index in [9.17, 15) is 0 Å². The Balaban J connectivity index is 2.63. The Labute approximate surface area is 116 Å². The van der Waals surface area contributed by atoms with Crippen LogP contribution >= 0.6 is 0 Å². The van der Waals surface area contributed by atoms with Gasteiger partial charge in [0.25, 0.3) is 0 Å². The van der Waals surface area contributed by atoms with Crippen molar-refractivity contribution in [2.24, 2.45) is 0 Å². The maximum absolute atomic E-state index is 2.31. The lowest BCUT2D eigenvalue weighted by atomic mass is 9.82. The van der Waals surface area contributed by atoms with Crippen LogP contribution in [0.25, 0.3) is 16.8 Å². The smallest absolute Gasteiger partial charge is 0.0125 e. The summed E-state index contributed by atoms with van der Waals surface area (Å²) in [6.07, 6.45) is 8.37. The molecule has 0 aliphatic carbocycles. The second-order valence-electron chi connectivity index (χ2n) is 5.92. The lowest BCUT2D eigenvalue weighted by Gasteiger charge is -2.22. The molecule has 0 heteroatoms. The number of hydrogen-bond donors (Lipinski definition) is 0. The Morgan fingerprint density at radius 1 is 0.947 bits per heavy atom. The molecule has 0 aromatic heterocycles. The highest BCUT2D eigenvalue weighted by molar-refractivity contribution is 5.88. The van der Waals surface area contributed by atoms with Crippen LogP contribution in [0.1, 0.15) is 38.8 Å². The third-order valence-corrected chi connectivity index (χ3v) is 3.28. The maximum Gasteiger partial charge on any atom is -0.0125 e. The van der Waals surface area contributed by atoms with Crippen LogP contribution < -0.4 is 0 Å². The number of rotatable bonds is 2. The lowest BCUT2D eigenvalue weighted by Crippen LogP contribution is -2.11. The highest BCUT2D eigenvalue weighted by Crippen LogP contribution is 2.31. The predicted octanol–water partition coefficient (Wildman–Crippen LogP) is 5.73. The van der Waals surface area contributed by atoms with Crippen LogP contribution in [0.3, 0.4) is 0 Å². The molecule has 0 aliphatic rings. The zero-order valence-corrected chi connectivity index (χ0v) is 12.3. The van der Waals surface area contributed by atoms with E-state index >= 15 is 0 Å². The molecule has 0 unspecified atom stereocenters. The van der Waals surface area contributed by atoms with Gasteiger partial charge >= 0.3 is 0 Å². The van der Waals surface area contributed by atoms with E-state index in [0.717, 1.165) is 0 Å². The normalized spacial score (nSPS) is 12.8. The van der Waals surface area contributed by atoms with Crippen molar-refractivity contribution < 1.29 is 0 Å². The monoisotopic (exact) mass is 250 g/mol. The van der Waals surface area contributed by atoms with E-state index in [1.807, 2.05) is 13.0 Å². The summed E-state index contributed by atoms with van der Waals surface area (Å²) in [6.45, 7) is 8.85. The average Bonchev–Trinajstić information content (AvgIpc) is 2.37. The van der Waals surface area contributed by atoms with Gasteiger partial charge in [-0.05, 0) is 40.3 Å². The van der Waals surface area contributed by atoms with Crippen LogP contribution in [0.5, 0.6) is 0 Å². The second kappa shape index (κ2) is 5.44. The van der Waals surface area contributed by atoms with Crippen molar-refractivity contribution in [1.29, 1.82) is 0 Å². The molecule has 0 saturated carbocycles. The number of allylic oxidation sites excluding steroid dienone is 3. The Morgan fingerprint density at radius 3 is 2.37 bits per heavy atom. The summed E-state index contributed by atoms with van der Waals surface area (Å²) in [5, 5.41) is 2.67. The Morgan fingerprint density at radius 2 is 1.68 bits per heavy atom. The van der Waals surface area contributed by atoms with Crippen LogP contribution in [0.2, 0.25) is 0 Å². The molecule has 0 bridgehead atoms. The molecule has 2 rings (SSSR count). The first-order valence-electron chi connectivity index (χ1n) is 6.85. The molecule has 0 fully saturated rings. The Hall–Kier alpha value is -1.82. The van der Waals surface area contributed by atoms with Crippen LogP contribution in [0, 0.1) is 0 Å². The van der Waals surface area contributed by atoms with Gasteiger partial charge in [0, 0.05) is 0 Å². The molecule has 0 amide bonds. The van der Waals surface area contributed by atoms with E-state index in [1.54, 1.807) is 0 Å². The molecule has 0 N–H and O–H groups in total. The molecule has 0 radical (unpaired) electrons. The summed E-state index contributed by atoms with van der Waals surface area (Å²) in [5.41, 5.74) is 2.83. The molecule has 19 heavy (non-hydrogen) atoms. The van der Waals surface area contributed by atoms with Crippen molar-refractivity contribution in [3.05, 3.63) is 65.8 Å². The number of benzene rings is 2. The molecular weight excluding hydrogens is 228 g/mol. The zero-order valence-electron chi connectivity index (χ0n) is 12.3. The second-order valence-corrected chi connectivity index (χ2v) is 5.92. The van der Waals surface area contributed by atoms with Crippen LogP contribution in [-0.2, 0) is 5.41 Å². The van der Waals surface area contributed by atoms with Gasteiger partial charge in [-0.1, -0.05) is 75.4 Å². The van der Waals surface area contributed by atoms with Gasteiger partial charge < -0.3 is 0 Å². The minimum atomic E-state index is 0.157. The molecule has 0 spiro atoms. The molecule has 2 aromatic rings. The quantitative estimate of drug-likeness (QED) is 0.597. The van der Waals surface area contributed by atoms with Gasteiger partial charge in [-0.3, -0.25) is 0 Å². The molecule has 0 aliphatic heterocycles. The van der Waals surface area contributed by atoms with E-state index in [2.05, 4.69) is 75.4 Å². The van der Waals surface area contributed by atoms with Crippen LogP contribution in [0.15, 0.2) is 54.6 Å². The SMILES string of the molecule is C/C=C\C=C/c1cc(C(C)(C)C)c2ccccc2c1. The average molecular weight is 250 g/mol. The van der Waals surface area contributed by atoms with E-state index < -0.39 is 0 Å². The van der Waals surface area contributed by atoms with Crippen LogP contribution in [-0.4, -0.2) is 0 Å². The number of hydrogen-bond acceptors (Lipinski definition) is 0. The van der Waals surface area contributed by atoms with Gasteiger partial charge in [-0.25, -0.2) is 0 Å². The molecule has 0 nitrogen and oxygen atoms in total. The summed E-state index contributed by atoms with van der Waals surface area (Å²) >= 11 is 0. The van der Waals surface area contributed by atoms with Gasteiger partial charge in [0.15, 0.2) is 0 Å². The Kier molecular flexibility index (Phi) is 3.90. The minimum absolute atomic E-state index is 0.157. The fraction of sp³-hybridized carbons (Fsp3) is 0.263. The van der Waals surface area contributed by atoms with Crippen molar-refractivity contribution in [2.75, 3.05) is 0 Å². The van der Waals surface area contributed by atoms with Gasteiger partial charge in [-0.15, -0.1) is 0 Å². The summed E-state index contributed by atoms with van der Waals surface area (Å²) in [4.78, 5) is 0. The summed E-state index contributed by atoms with van der Waals surface area (Å²) in [7, 11) is 0. The molecule has 98 valence electrons. The first kappa shape index (κ1) is 13.6. The summed E-state index contributed by atoms with van der Waals surface area (Å²) < 4.78 is 0. The summed E-state index contributed by atoms with van der Waals surface area (Å²) in [5.74, 6) is 0. The fourth-order valence-corrected chi connectivity index (χ4v) is 2.33. The van der Waals surface area contributed by atoms with Crippen molar-refractivity contribution in [3.8, 4) is 0 Å². The third-order valence-electron chi connectivity index (χ3n) is 3.28. The summed E-state index contributed by atoms with van der Waals surface area (Å²) in [6, 6.07) is 13.2. The van der Waals surface area contributed by atoms with Crippen molar-refractivity contribution in [3.63, 3.8) is 0 Å².